The summed E-state index contributed by atoms with van der Waals surface area (Å²) in [6, 6.07) is 12.8. The van der Waals surface area contributed by atoms with Crippen LogP contribution in [0.4, 0.5) is 5.69 Å². The van der Waals surface area contributed by atoms with Crippen molar-refractivity contribution in [3.63, 3.8) is 0 Å². The Morgan fingerprint density at radius 3 is 2.59 bits per heavy atom. The molecule has 4 nitrogen and oxygen atoms in total. The van der Waals surface area contributed by atoms with Crippen LogP contribution in [0.1, 0.15) is 5.56 Å². The van der Waals surface area contributed by atoms with E-state index in [1.807, 2.05) is 30.3 Å². The summed E-state index contributed by atoms with van der Waals surface area (Å²) in [6.45, 7) is 0.123. The molecule has 2 N–H and O–H groups in total. The van der Waals surface area contributed by atoms with Gasteiger partial charge in [-0.3, -0.25) is 4.79 Å². The zero-order valence-corrected chi connectivity index (χ0v) is 15.2. The molecule has 0 fully saturated rings. The number of carbonyl (C=O) groups is 1. The number of hydrazone groups is 1. The van der Waals surface area contributed by atoms with Crippen LogP contribution in [0.3, 0.4) is 0 Å². The van der Waals surface area contributed by atoms with Crippen LogP contribution in [-0.2, 0) is 4.79 Å². The molecular weight excluding hydrogens is 433 g/mol. The number of carbonyl (C=O) groups excluding carboxylic acids is 1. The number of halogens is 3. The first kappa shape index (κ1) is 17.0. The summed E-state index contributed by atoms with van der Waals surface area (Å²) in [5, 5.41) is 7.58. The summed E-state index contributed by atoms with van der Waals surface area (Å²) in [5.74, 6) is -0.236. The fraction of sp³-hybridized carbons (Fsp3) is 0.0667. The van der Waals surface area contributed by atoms with Gasteiger partial charge in [0.05, 0.1) is 12.8 Å². The first-order valence-electron chi connectivity index (χ1n) is 6.31. The van der Waals surface area contributed by atoms with Crippen molar-refractivity contribution in [2.75, 3.05) is 11.9 Å². The number of amides is 1. The van der Waals surface area contributed by atoms with Crippen molar-refractivity contribution < 1.29 is 4.79 Å². The minimum atomic E-state index is -0.236. The molecule has 0 radical (unpaired) electrons. The third-order valence-electron chi connectivity index (χ3n) is 2.64. The molecular formula is C15H12Br2ClN3O. The highest BCUT2D eigenvalue weighted by Crippen LogP contribution is 2.25. The van der Waals surface area contributed by atoms with Crippen molar-refractivity contribution in [1.82, 2.24) is 5.43 Å². The number of nitrogens with one attached hydrogen (secondary N) is 2. The van der Waals surface area contributed by atoms with Crippen molar-refractivity contribution in [3.8, 4) is 0 Å². The molecule has 0 unspecified atom stereocenters. The van der Waals surface area contributed by atoms with Crippen LogP contribution >= 0.6 is 43.5 Å². The maximum atomic E-state index is 11.7. The Morgan fingerprint density at radius 2 is 1.91 bits per heavy atom. The average molecular weight is 446 g/mol. The Labute approximate surface area is 150 Å². The molecule has 7 heteroatoms. The van der Waals surface area contributed by atoms with E-state index in [4.69, 9.17) is 11.6 Å². The number of benzene rings is 2. The fourth-order valence-electron chi connectivity index (χ4n) is 1.58. The largest absolute Gasteiger partial charge is 0.375 e. The monoisotopic (exact) mass is 443 g/mol. The van der Waals surface area contributed by atoms with Crippen LogP contribution in [0.15, 0.2) is 56.5 Å². The summed E-state index contributed by atoms with van der Waals surface area (Å²) >= 11 is 12.6. The van der Waals surface area contributed by atoms with E-state index in [-0.39, 0.29) is 12.5 Å². The second-order valence-electron chi connectivity index (χ2n) is 4.32. The molecule has 1 amide bonds. The van der Waals surface area contributed by atoms with Gasteiger partial charge in [-0.1, -0.05) is 39.7 Å². The lowest BCUT2D eigenvalue weighted by Gasteiger charge is -2.07. The van der Waals surface area contributed by atoms with Gasteiger partial charge in [0, 0.05) is 19.7 Å². The molecule has 0 aliphatic rings. The molecule has 2 aromatic rings. The van der Waals surface area contributed by atoms with E-state index in [2.05, 4.69) is 47.7 Å². The molecule has 0 atom stereocenters. The van der Waals surface area contributed by atoms with Crippen molar-refractivity contribution in [2.45, 2.75) is 0 Å². The van der Waals surface area contributed by atoms with Gasteiger partial charge in [-0.15, -0.1) is 0 Å². The van der Waals surface area contributed by atoms with E-state index in [0.29, 0.717) is 5.02 Å². The lowest BCUT2D eigenvalue weighted by Crippen LogP contribution is -2.26. The molecule has 2 aromatic carbocycles. The van der Waals surface area contributed by atoms with Gasteiger partial charge >= 0.3 is 0 Å². The molecule has 0 aliphatic heterocycles. The van der Waals surface area contributed by atoms with Crippen molar-refractivity contribution >= 4 is 61.3 Å². The Bertz CT molecular complexity index is 690. The second-order valence-corrected chi connectivity index (χ2v) is 6.53. The Kier molecular flexibility index (Phi) is 6.42. The lowest BCUT2D eigenvalue weighted by molar-refractivity contribution is -0.119. The third kappa shape index (κ3) is 5.44. The van der Waals surface area contributed by atoms with Crippen LogP contribution < -0.4 is 10.7 Å². The molecule has 0 saturated carbocycles. The molecule has 0 bridgehead atoms. The highest BCUT2D eigenvalue weighted by Gasteiger charge is 2.03. The van der Waals surface area contributed by atoms with Crippen LogP contribution in [-0.4, -0.2) is 18.7 Å². The van der Waals surface area contributed by atoms with Crippen LogP contribution in [0.2, 0.25) is 5.02 Å². The fourth-order valence-corrected chi connectivity index (χ4v) is 2.89. The van der Waals surface area contributed by atoms with Gasteiger partial charge in [-0.05, 0) is 51.8 Å². The SMILES string of the molecule is O=C(CNc1ccc(Br)cc1Br)N/N=C\c1ccc(Cl)cc1. The van der Waals surface area contributed by atoms with Crippen molar-refractivity contribution in [1.29, 1.82) is 0 Å². The van der Waals surface area contributed by atoms with Crippen LogP contribution in [0.25, 0.3) is 0 Å². The Balaban J connectivity index is 1.81. The minimum absolute atomic E-state index is 0.123. The predicted molar refractivity (Wildman–Crippen MR) is 97.5 cm³/mol. The maximum absolute atomic E-state index is 11.7. The second kappa shape index (κ2) is 8.31. The highest BCUT2D eigenvalue weighted by molar-refractivity contribution is 9.11. The summed E-state index contributed by atoms with van der Waals surface area (Å²) in [7, 11) is 0. The molecule has 0 aliphatic carbocycles. The number of hydrogen-bond donors (Lipinski definition) is 2. The number of hydrogen-bond acceptors (Lipinski definition) is 3. The van der Waals surface area contributed by atoms with Gasteiger partial charge in [-0.25, -0.2) is 5.43 Å². The molecule has 0 spiro atoms. The quantitative estimate of drug-likeness (QED) is 0.529. The summed E-state index contributed by atoms with van der Waals surface area (Å²) in [5.41, 5.74) is 4.15. The van der Waals surface area contributed by atoms with E-state index in [9.17, 15) is 4.79 Å². The smallest absolute Gasteiger partial charge is 0.259 e. The third-order valence-corrected chi connectivity index (χ3v) is 4.04. The predicted octanol–water partition coefficient (Wildman–Crippen LogP) is 4.43. The first-order valence-corrected chi connectivity index (χ1v) is 8.27. The summed E-state index contributed by atoms with van der Waals surface area (Å²) < 4.78 is 1.83. The summed E-state index contributed by atoms with van der Waals surface area (Å²) in [6.07, 6.45) is 1.56. The van der Waals surface area contributed by atoms with Gasteiger partial charge in [0.2, 0.25) is 0 Å². The van der Waals surface area contributed by atoms with E-state index >= 15 is 0 Å². The van der Waals surface area contributed by atoms with E-state index in [1.54, 1.807) is 18.3 Å². The van der Waals surface area contributed by atoms with Gasteiger partial charge in [0.25, 0.3) is 5.91 Å². The topological polar surface area (TPSA) is 53.5 Å². The Hall–Kier alpha value is -1.37. The molecule has 0 aromatic heterocycles. The number of nitrogens with zero attached hydrogens (tertiary/aromatic N) is 1. The van der Waals surface area contributed by atoms with Crippen LogP contribution in [0, 0.1) is 0 Å². The average Bonchev–Trinajstić information content (AvgIpc) is 2.48. The van der Waals surface area contributed by atoms with Gasteiger partial charge in [0.1, 0.15) is 0 Å². The highest BCUT2D eigenvalue weighted by atomic mass is 79.9. The number of rotatable bonds is 5. The first-order chi connectivity index (χ1) is 10.5. The van der Waals surface area contributed by atoms with E-state index < -0.39 is 0 Å². The minimum Gasteiger partial charge on any atom is -0.375 e. The van der Waals surface area contributed by atoms with E-state index in [0.717, 1.165) is 20.2 Å². The molecule has 22 heavy (non-hydrogen) atoms. The standard InChI is InChI=1S/C15H12Br2ClN3O/c16-11-3-6-14(13(17)7-11)19-9-15(22)21-20-8-10-1-4-12(18)5-2-10/h1-8,19H,9H2,(H,21,22)/b20-8-. The maximum Gasteiger partial charge on any atom is 0.259 e. The van der Waals surface area contributed by atoms with E-state index in [1.165, 1.54) is 0 Å². The zero-order chi connectivity index (χ0) is 15.9. The number of anilines is 1. The molecule has 0 saturated heterocycles. The van der Waals surface area contributed by atoms with Crippen molar-refractivity contribution in [2.24, 2.45) is 5.10 Å². The lowest BCUT2D eigenvalue weighted by atomic mass is 10.2. The van der Waals surface area contributed by atoms with Gasteiger partial charge in [-0.2, -0.15) is 5.10 Å². The zero-order valence-electron chi connectivity index (χ0n) is 11.3. The normalized spacial score (nSPS) is 10.7. The van der Waals surface area contributed by atoms with Crippen molar-refractivity contribution in [3.05, 3.63) is 62.0 Å². The molecule has 0 heterocycles. The van der Waals surface area contributed by atoms with Gasteiger partial charge in [0.15, 0.2) is 0 Å². The Morgan fingerprint density at radius 1 is 1.18 bits per heavy atom. The molecule has 2 rings (SSSR count). The summed E-state index contributed by atoms with van der Waals surface area (Å²) in [4.78, 5) is 11.7. The van der Waals surface area contributed by atoms with Crippen LogP contribution in [0.5, 0.6) is 0 Å². The molecule has 114 valence electrons. The van der Waals surface area contributed by atoms with Gasteiger partial charge < -0.3 is 5.32 Å².